The Bertz CT molecular complexity index is 274. The van der Waals surface area contributed by atoms with Gasteiger partial charge in [-0.25, -0.2) is 0 Å². The summed E-state index contributed by atoms with van der Waals surface area (Å²) in [5.41, 5.74) is 6.56. The summed E-state index contributed by atoms with van der Waals surface area (Å²) in [6, 6.07) is 5.71. The Balaban J connectivity index is 2.95. The summed E-state index contributed by atoms with van der Waals surface area (Å²) in [4.78, 5) is 0. The van der Waals surface area contributed by atoms with Gasteiger partial charge >= 0.3 is 0 Å². The van der Waals surface area contributed by atoms with Crippen LogP contribution in [0.25, 0.3) is 0 Å². The quantitative estimate of drug-likeness (QED) is 0.766. The Morgan fingerprint density at radius 2 is 2.08 bits per heavy atom. The van der Waals surface area contributed by atoms with E-state index in [-0.39, 0.29) is 0 Å². The van der Waals surface area contributed by atoms with E-state index in [0.717, 1.165) is 17.1 Å². The van der Waals surface area contributed by atoms with Crippen LogP contribution in [0.5, 0.6) is 11.5 Å². The van der Waals surface area contributed by atoms with Gasteiger partial charge < -0.3 is 15.2 Å². The molecule has 0 aliphatic heterocycles. The molecule has 0 unspecified atom stereocenters. The number of hydrogen-bond acceptors (Lipinski definition) is 3. The molecule has 0 bridgehead atoms. The zero-order chi connectivity index (χ0) is 9.68. The van der Waals surface area contributed by atoms with Gasteiger partial charge in [0, 0.05) is 6.54 Å². The molecular weight excluding hydrogens is 166 g/mol. The molecule has 0 fully saturated rings. The largest absolute Gasteiger partial charge is 0.493 e. The first kappa shape index (κ1) is 9.86. The molecule has 0 radical (unpaired) electrons. The smallest absolute Gasteiger partial charge is 0.161 e. The molecular formula is C10H15NO2. The van der Waals surface area contributed by atoms with E-state index in [9.17, 15) is 0 Å². The lowest BCUT2D eigenvalue weighted by Gasteiger charge is -2.09. The van der Waals surface area contributed by atoms with Crippen LogP contribution in [0.1, 0.15) is 12.5 Å². The molecule has 1 aromatic rings. The summed E-state index contributed by atoms with van der Waals surface area (Å²) in [5.74, 6) is 1.51. The van der Waals surface area contributed by atoms with Crippen molar-refractivity contribution < 1.29 is 9.47 Å². The van der Waals surface area contributed by atoms with Crippen LogP contribution in [0, 0.1) is 0 Å². The maximum absolute atomic E-state index is 5.51. The Hall–Kier alpha value is -1.22. The van der Waals surface area contributed by atoms with Gasteiger partial charge in [0.2, 0.25) is 0 Å². The minimum absolute atomic E-state index is 0.518. The van der Waals surface area contributed by atoms with Crippen LogP contribution in [0.3, 0.4) is 0 Å². The summed E-state index contributed by atoms with van der Waals surface area (Å²) in [6.07, 6.45) is 0. The highest BCUT2D eigenvalue weighted by molar-refractivity contribution is 5.42. The molecule has 0 heterocycles. The monoisotopic (exact) mass is 181 g/mol. The molecule has 0 aliphatic rings. The second kappa shape index (κ2) is 4.72. The second-order valence-corrected chi connectivity index (χ2v) is 2.62. The maximum atomic E-state index is 5.51. The number of methoxy groups -OCH3 is 1. The van der Waals surface area contributed by atoms with Gasteiger partial charge in [0.15, 0.2) is 11.5 Å². The number of rotatable bonds is 4. The first-order valence-electron chi connectivity index (χ1n) is 4.31. The van der Waals surface area contributed by atoms with Gasteiger partial charge in [-0.1, -0.05) is 6.07 Å². The lowest BCUT2D eigenvalue weighted by Crippen LogP contribution is -1.99. The molecule has 1 rings (SSSR count). The van der Waals surface area contributed by atoms with E-state index < -0.39 is 0 Å². The van der Waals surface area contributed by atoms with Crippen LogP contribution in [0.15, 0.2) is 18.2 Å². The standard InChI is InChI=1S/C10H15NO2/c1-3-13-10-6-8(7-11)4-5-9(10)12-2/h4-6H,3,7,11H2,1-2H3. The van der Waals surface area contributed by atoms with Crippen molar-refractivity contribution in [2.24, 2.45) is 5.73 Å². The van der Waals surface area contributed by atoms with E-state index in [1.165, 1.54) is 0 Å². The summed E-state index contributed by atoms with van der Waals surface area (Å²) in [5, 5.41) is 0. The highest BCUT2D eigenvalue weighted by atomic mass is 16.5. The lowest BCUT2D eigenvalue weighted by atomic mass is 10.2. The van der Waals surface area contributed by atoms with E-state index in [2.05, 4.69) is 0 Å². The van der Waals surface area contributed by atoms with Crippen LogP contribution in [0.4, 0.5) is 0 Å². The average molecular weight is 181 g/mol. The number of benzene rings is 1. The van der Waals surface area contributed by atoms with Crippen LogP contribution in [-0.2, 0) is 6.54 Å². The predicted molar refractivity (Wildman–Crippen MR) is 52.1 cm³/mol. The van der Waals surface area contributed by atoms with Crippen LogP contribution >= 0.6 is 0 Å². The van der Waals surface area contributed by atoms with E-state index in [4.69, 9.17) is 15.2 Å². The minimum Gasteiger partial charge on any atom is -0.493 e. The molecule has 0 saturated carbocycles. The van der Waals surface area contributed by atoms with Gasteiger partial charge in [-0.05, 0) is 24.6 Å². The van der Waals surface area contributed by atoms with Crippen molar-refractivity contribution in [3.8, 4) is 11.5 Å². The van der Waals surface area contributed by atoms with Crippen molar-refractivity contribution >= 4 is 0 Å². The third-order valence-electron chi connectivity index (χ3n) is 1.76. The van der Waals surface area contributed by atoms with E-state index in [1.54, 1.807) is 7.11 Å². The fourth-order valence-electron chi connectivity index (χ4n) is 1.12. The highest BCUT2D eigenvalue weighted by Crippen LogP contribution is 2.27. The molecule has 0 saturated heterocycles. The predicted octanol–water partition coefficient (Wildman–Crippen LogP) is 1.55. The van der Waals surface area contributed by atoms with Crippen molar-refractivity contribution in [3.63, 3.8) is 0 Å². The van der Waals surface area contributed by atoms with Gasteiger partial charge in [0.05, 0.1) is 13.7 Å². The van der Waals surface area contributed by atoms with Crippen molar-refractivity contribution in [1.29, 1.82) is 0 Å². The number of nitrogens with two attached hydrogens (primary N) is 1. The summed E-state index contributed by atoms with van der Waals surface area (Å²) in [7, 11) is 1.62. The first-order valence-corrected chi connectivity index (χ1v) is 4.31. The normalized spacial score (nSPS) is 9.77. The van der Waals surface area contributed by atoms with Crippen LogP contribution in [-0.4, -0.2) is 13.7 Å². The summed E-state index contributed by atoms with van der Waals surface area (Å²) in [6.45, 7) is 3.09. The third-order valence-corrected chi connectivity index (χ3v) is 1.76. The van der Waals surface area contributed by atoms with Gasteiger partial charge in [-0.2, -0.15) is 0 Å². The number of hydrogen-bond donors (Lipinski definition) is 1. The van der Waals surface area contributed by atoms with Crippen molar-refractivity contribution in [1.82, 2.24) is 0 Å². The molecule has 3 nitrogen and oxygen atoms in total. The zero-order valence-corrected chi connectivity index (χ0v) is 8.04. The topological polar surface area (TPSA) is 44.5 Å². The van der Waals surface area contributed by atoms with Crippen molar-refractivity contribution in [3.05, 3.63) is 23.8 Å². The van der Waals surface area contributed by atoms with E-state index in [1.807, 2.05) is 25.1 Å². The molecule has 72 valence electrons. The van der Waals surface area contributed by atoms with Crippen LogP contribution < -0.4 is 15.2 Å². The molecule has 0 atom stereocenters. The van der Waals surface area contributed by atoms with E-state index in [0.29, 0.717) is 13.2 Å². The highest BCUT2D eigenvalue weighted by Gasteiger charge is 2.03. The molecule has 0 amide bonds. The van der Waals surface area contributed by atoms with Gasteiger partial charge in [0.1, 0.15) is 0 Å². The minimum atomic E-state index is 0.518. The Morgan fingerprint density at radius 3 is 2.62 bits per heavy atom. The Morgan fingerprint density at radius 1 is 1.31 bits per heavy atom. The molecule has 0 aliphatic carbocycles. The fourth-order valence-corrected chi connectivity index (χ4v) is 1.12. The van der Waals surface area contributed by atoms with Crippen molar-refractivity contribution in [2.75, 3.05) is 13.7 Å². The molecule has 3 heteroatoms. The van der Waals surface area contributed by atoms with Gasteiger partial charge in [-0.3, -0.25) is 0 Å². The van der Waals surface area contributed by atoms with Crippen LogP contribution in [0.2, 0.25) is 0 Å². The van der Waals surface area contributed by atoms with Gasteiger partial charge in [-0.15, -0.1) is 0 Å². The SMILES string of the molecule is CCOc1cc(CN)ccc1OC. The summed E-state index contributed by atoms with van der Waals surface area (Å²) < 4.78 is 10.5. The molecule has 0 aromatic heterocycles. The zero-order valence-electron chi connectivity index (χ0n) is 8.04. The number of ether oxygens (including phenoxy) is 2. The van der Waals surface area contributed by atoms with Gasteiger partial charge in [0.25, 0.3) is 0 Å². The molecule has 1 aromatic carbocycles. The Labute approximate surface area is 78.5 Å². The maximum Gasteiger partial charge on any atom is 0.161 e. The average Bonchev–Trinajstić information content (AvgIpc) is 2.18. The molecule has 2 N–H and O–H groups in total. The molecule has 0 spiro atoms. The van der Waals surface area contributed by atoms with Crippen molar-refractivity contribution in [2.45, 2.75) is 13.5 Å². The molecule has 13 heavy (non-hydrogen) atoms. The fraction of sp³-hybridized carbons (Fsp3) is 0.400. The second-order valence-electron chi connectivity index (χ2n) is 2.62. The summed E-state index contributed by atoms with van der Waals surface area (Å²) >= 11 is 0. The lowest BCUT2D eigenvalue weighted by molar-refractivity contribution is 0.310. The van der Waals surface area contributed by atoms with E-state index >= 15 is 0 Å². The Kier molecular flexibility index (Phi) is 3.58. The third kappa shape index (κ3) is 2.36. The first-order chi connectivity index (χ1) is 6.31.